The molecule has 96 valence electrons. The van der Waals surface area contributed by atoms with Crippen LogP contribution >= 0.6 is 15.9 Å². The SMILES string of the molecule is COCc1cc(Br)cc(-c2noc(CN)n2)c1F. The van der Waals surface area contributed by atoms with Crippen molar-refractivity contribution in [3.05, 3.63) is 33.9 Å². The predicted molar refractivity (Wildman–Crippen MR) is 66.0 cm³/mol. The molecule has 2 rings (SSSR count). The smallest absolute Gasteiger partial charge is 0.240 e. The number of hydrogen-bond acceptors (Lipinski definition) is 5. The Hall–Kier alpha value is -1.31. The lowest BCUT2D eigenvalue weighted by molar-refractivity contribution is 0.181. The summed E-state index contributed by atoms with van der Waals surface area (Å²) in [5.74, 6) is 0.00805. The molecule has 0 aliphatic rings. The van der Waals surface area contributed by atoms with E-state index in [0.29, 0.717) is 10.0 Å². The van der Waals surface area contributed by atoms with Gasteiger partial charge in [0.15, 0.2) is 0 Å². The van der Waals surface area contributed by atoms with Gasteiger partial charge in [-0.25, -0.2) is 4.39 Å². The van der Waals surface area contributed by atoms with E-state index in [1.165, 1.54) is 7.11 Å². The Morgan fingerprint density at radius 2 is 2.28 bits per heavy atom. The first-order valence-corrected chi connectivity index (χ1v) is 5.95. The molecule has 0 saturated heterocycles. The summed E-state index contributed by atoms with van der Waals surface area (Å²) in [6.45, 7) is 0.285. The van der Waals surface area contributed by atoms with Crippen molar-refractivity contribution in [2.75, 3.05) is 7.11 Å². The summed E-state index contributed by atoms with van der Waals surface area (Å²) in [5, 5.41) is 3.69. The van der Waals surface area contributed by atoms with Crippen LogP contribution in [0.1, 0.15) is 11.5 Å². The third-order valence-electron chi connectivity index (χ3n) is 2.30. The van der Waals surface area contributed by atoms with E-state index in [9.17, 15) is 4.39 Å². The molecule has 5 nitrogen and oxygen atoms in total. The van der Waals surface area contributed by atoms with Gasteiger partial charge in [0.05, 0.1) is 18.7 Å². The van der Waals surface area contributed by atoms with E-state index >= 15 is 0 Å². The van der Waals surface area contributed by atoms with Crippen LogP contribution in [0.2, 0.25) is 0 Å². The Kier molecular flexibility index (Phi) is 4.05. The van der Waals surface area contributed by atoms with Crippen LogP contribution in [0.5, 0.6) is 0 Å². The molecule has 2 aromatic rings. The average Bonchev–Trinajstić information content (AvgIpc) is 2.82. The molecule has 0 aliphatic carbocycles. The Morgan fingerprint density at radius 3 is 2.89 bits per heavy atom. The fraction of sp³-hybridized carbons (Fsp3) is 0.273. The Morgan fingerprint density at radius 1 is 1.50 bits per heavy atom. The minimum Gasteiger partial charge on any atom is -0.380 e. The number of nitrogens with two attached hydrogens (primary N) is 1. The van der Waals surface area contributed by atoms with Crippen molar-refractivity contribution < 1.29 is 13.7 Å². The molecule has 1 aromatic carbocycles. The minimum atomic E-state index is -0.426. The van der Waals surface area contributed by atoms with Crippen molar-refractivity contribution in [3.63, 3.8) is 0 Å². The number of benzene rings is 1. The van der Waals surface area contributed by atoms with Gasteiger partial charge >= 0.3 is 0 Å². The molecule has 0 fully saturated rings. The summed E-state index contributed by atoms with van der Waals surface area (Å²) in [6.07, 6.45) is 0. The summed E-state index contributed by atoms with van der Waals surface area (Å²) in [5.41, 5.74) is 6.03. The van der Waals surface area contributed by atoms with Gasteiger partial charge in [0.2, 0.25) is 11.7 Å². The first-order valence-electron chi connectivity index (χ1n) is 5.15. The van der Waals surface area contributed by atoms with Gasteiger partial charge in [0, 0.05) is 17.1 Å². The minimum absolute atomic E-state index is 0.119. The Bertz CT molecular complexity index is 559. The third-order valence-corrected chi connectivity index (χ3v) is 2.75. The summed E-state index contributed by atoms with van der Waals surface area (Å²) in [4.78, 5) is 4.00. The van der Waals surface area contributed by atoms with Crippen LogP contribution in [-0.2, 0) is 17.9 Å². The van der Waals surface area contributed by atoms with Crippen molar-refractivity contribution in [2.24, 2.45) is 5.73 Å². The molecule has 7 heteroatoms. The molecule has 1 heterocycles. The van der Waals surface area contributed by atoms with Gasteiger partial charge in [0.1, 0.15) is 5.82 Å². The second-order valence-electron chi connectivity index (χ2n) is 3.58. The van der Waals surface area contributed by atoms with E-state index in [1.807, 2.05) is 0 Å². The molecule has 0 saturated carbocycles. The van der Waals surface area contributed by atoms with Crippen LogP contribution in [0.25, 0.3) is 11.4 Å². The largest absolute Gasteiger partial charge is 0.380 e. The quantitative estimate of drug-likeness (QED) is 0.936. The average molecular weight is 316 g/mol. The van der Waals surface area contributed by atoms with Gasteiger partial charge in [-0.3, -0.25) is 0 Å². The Balaban J connectivity index is 2.49. The van der Waals surface area contributed by atoms with Crippen LogP contribution in [0.4, 0.5) is 4.39 Å². The molecule has 0 bridgehead atoms. The number of methoxy groups -OCH3 is 1. The maximum absolute atomic E-state index is 14.2. The van der Waals surface area contributed by atoms with Gasteiger partial charge in [0.25, 0.3) is 0 Å². The predicted octanol–water partition coefficient (Wildman–Crippen LogP) is 2.24. The van der Waals surface area contributed by atoms with Crippen LogP contribution in [0.3, 0.4) is 0 Å². The highest BCUT2D eigenvalue weighted by molar-refractivity contribution is 9.10. The van der Waals surface area contributed by atoms with Crippen LogP contribution < -0.4 is 5.73 Å². The van der Waals surface area contributed by atoms with Crippen molar-refractivity contribution in [2.45, 2.75) is 13.2 Å². The highest BCUT2D eigenvalue weighted by atomic mass is 79.9. The molecule has 0 aliphatic heterocycles. The van der Waals surface area contributed by atoms with E-state index in [4.69, 9.17) is 15.0 Å². The number of halogens is 2. The first kappa shape index (κ1) is 13.1. The summed E-state index contributed by atoms with van der Waals surface area (Å²) < 4.78 is 24.7. The van der Waals surface area contributed by atoms with Crippen molar-refractivity contribution >= 4 is 15.9 Å². The zero-order valence-corrected chi connectivity index (χ0v) is 11.2. The molecule has 2 N–H and O–H groups in total. The number of hydrogen-bond donors (Lipinski definition) is 1. The van der Waals surface area contributed by atoms with E-state index in [2.05, 4.69) is 26.1 Å². The molecular weight excluding hydrogens is 305 g/mol. The van der Waals surface area contributed by atoms with Gasteiger partial charge in [-0.15, -0.1) is 0 Å². The van der Waals surface area contributed by atoms with E-state index in [-0.39, 0.29) is 30.4 Å². The number of aromatic nitrogens is 2. The molecule has 1 aromatic heterocycles. The summed E-state index contributed by atoms with van der Waals surface area (Å²) in [7, 11) is 1.50. The first-order chi connectivity index (χ1) is 8.65. The lowest BCUT2D eigenvalue weighted by atomic mass is 10.1. The van der Waals surface area contributed by atoms with Gasteiger partial charge in [-0.05, 0) is 12.1 Å². The molecule has 18 heavy (non-hydrogen) atoms. The monoisotopic (exact) mass is 315 g/mol. The molecule has 0 atom stereocenters. The lowest BCUT2D eigenvalue weighted by Crippen LogP contribution is -1.98. The molecule has 0 radical (unpaired) electrons. The zero-order valence-electron chi connectivity index (χ0n) is 9.61. The van der Waals surface area contributed by atoms with E-state index in [0.717, 1.165) is 0 Å². The number of rotatable bonds is 4. The highest BCUT2D eigenvalue weighted by Gasteiger charge is 2.16. The summed E-state index contributed by atoms with van der Waals surface area (Å²) >= 11 is 3.31. The topological polar surface area (TPSA) is 74.2 Å². The van der Waals surface area contributed by atoms with Gasteiger partial charge in [-0.2, -0.15) is 4.98 Å². The zero-order chi connectivity index (χ0) is 13.1. The summed E-state index contributed by atoms with van der Waals surface area (Å²) in [6, 6.07) is 3.23. The second kappa shape index (κ2) is 5.55. The Labute approximate surface area is 111 Å². The fourth-order valence-electron chi connectivity index (χ4n) is 1.52. The maximum Gasteiger partial charge on any atom is 0.240 e. The van der Waals surface area contributed by atoms with Crippen LogP contribution in [0.15, 0.2) is 21.1 Å². The number of nitrogens with zero attached hydrogens (tertiary/aromatic N) is 2. The number of ether oxygens (including phenoxy) is 1. The van der Waals surface area contributed by atoms with Crippen molar-refractivity contribution in [1.29, 1.82) is 0 Å². The highest BCUT2D eigenvalue weighted by Crippen LogP contribution is 2.27. The van der Waals surface area contributed by atoms with Crippen LogP contribution in [0, 0.1) is 5.82 Å². The van der Waals surface area contributed by atoms with E-state index < -0.39 is 5.82 Å². The van der Waals surface area contributed by atoms with Crippen LogP contribution in [-0.4, -0.2) is 17.3 Å². The fourth-order valence-corrected chi connectivity index (χ4v) is 2.02. The maximum atomic E-state index is 14.2. The molecule has 0 amide bonds. The third kappa shape index (κ3) is 2.58. The second-order valence-corrected chi connectivity index (χ2v) is 4.49. The lowest BCUT2D eigenvalue weighted by Gasteiger charge is -2.06. The molecule has 0 spiro atoms. The normalized spacial score (nSPS) is 10.9. The standard InChI is InChI=1S/C11H11BrFN3O2/c1-17-5-6-2-7(12)3-8(10(6)13)11-15-9(4-14)18-16-11/h2-3H,4-5,14H2,1H3. The molecule has 0 unspecified atom stereocenters. The van der Waals surface area contributed by atoms with Crippen molar-refractivity contribution in [1.82, 2.24) is 10.1 Å². The van der Waals surface area contributed by atoms with Gasteiger partial charge < -0.3 is 15.0 Å². The van der Waals surface area contributed by atoms with Crippen molar-refractivity contribution in [3.8, 4) is 11.4 Å². The molecular formula is C11H11BrFN3O2. The van der Waals surface area contributed by atoms with Gasteiger partial charge in [-0.1, -0.05) is 21.1 Å². The van der Waals surface area contributed by atoms with E-state index in [1.54, 1.807) is 12.1 Å².